The van der Waals surface area contributed by atoms with Crippen molar-refractivity contribution in [2.45, 2.75) is 13.8 Å². The molecule has 0 atom stereocenters. The van der Waals surface area contributed by atoms with Gasteiger partial charge in [0.1, 0.15) is 0 Å². The summed E-state index contributed by atoms with van der Waals surface area (Å²) in [6, 6.07) is 3.48. The summed E-state index contributed by atoms with van der Waals surface area (Å²) in [6.07, 6.45) is 0.820. The summed E-state index contributed by atoms with van der Waals surface area (Å²) in [7, 11) is 0. The van der Waals surface area contributed by atoms with Crippen LogP contribution in [0, 0.1) is 10.5 Å². The third-order valence-corrected chi connectivity index (χ3v) is 2.75. The first-order valence-electron chi connectivity index (χ1n) is 3.82. The topological polar surface area (TPSA) is 34.1 Å². The fourth-order valence-electron chi connectivity index (χ4n) is 1.11. The normalized spacial score (nSPS) is 9.77. The molecule has 1 aromatic rings. The SMILES string of the molecule is CC(=O)c1cc(C)c(C=O)c(I)c1. The number of hydrogen-bond acceptors (Lipinski definition) is 2. The lowest BCUT2D eigenvalue weighted by Crippen LogP contribution is -1.98. The molecule has 0 spiro atoms. The van der Waals surface area contributed by atoms with Gasteiger partial charge in [0.25, 0.3) is 0 Å². The van der Waals surface area contributed by atoms with Gasteiger partial charge >= 0.3 is 0 Å². The van der Waals surface area contributed by atoms with Gasteiger partial charge in [-0.3, -0.25) is 9.59 Å². The Hall–Kier alpha value is -0.710. The molecule has 0 aliphatic carbocycles. The number of rotatable bonds is 2. The summed E-state index contributed by atoms with van der Waals surface area (Å²) >= 11 is 2.06. The number of hydrogen-bond donors (Lipinski definition) is 0. The maximum atomic E-state index is 11.1. The molecule has 2 nitrogen and oxygen atoms in total. The maximum Gasteiger partial charge on any atom is 0.159 e. The van der Waals surface area contributed by atoms with E-state index < -0.39 is 0 Å². The Morgan fingerprint density at radius 2 is 2.08 bits per heavy atom. The Bertz CT molecular complexity index is 346. The van der Waals surface area contributed by atoms with E-state index in [0.29, 0.717) is 11.1 Å². The molecular formula is C10H9IO2. The highest BCUT2D eigenvalue weighted by atomic mass is 127. The molecule has 0 aliphatic heterocycles. The lowest BCUT2D eigenvalue weighted by Gasteiger charge is -2.04. The Balaban J connectivity index is 3.36. The number of carbonyl (C=O) groups is 2. The minimum Gasteiger partial charge on any atom is -0.298 e. The van der Waals surface area contributed by atoms with Crippen LogP contribution in [0.15, 0.2) is 12.1 Å². The van der Waals surface area contributed by atoms with E-state index in [9.17, 15) is 9.59 Å². The van der Waals surface area contributed by atoms with Crippen LogP contribution in [-0.2, 0) is 0 Å². The molecule has 0 bridgehead atoms. The molecule has 0 radical (unpaired) electrons. The third kappa shape index (κ3) is 2.15. The van der Waals surface area contributed by atoms with Gasteiger partial charge in [-0.2, -0.15) is 0 Å². The number of aryl methyl sites for hydroxylation is 1. The Labute approximate surface area is 90.5 Å². The van der Waals surface area contributed by atoms with Crippen LogP contribution >= 0.6 is 22.6 Å². The van der Waals surface area contributed by atoms with Gasteiger partial charge in [-0.05, 0) is 54.1 Å². The van der Waals surface area contributed by atoms with Crippen molar-refractivity contribution in [3.05, 3.63) is 32.4 Å². The lowest BCUT2D eigenvalue weighted by molar-refractivity contribution is 0.101. The van der Waals surface area contributed by atoms with E-state index in [1.54, 1.807) is 12.1 Å². The van der Waals surface area contributed by atoms with Gasteiger partial charge in [-0.15, -0.1) is 0 Å². The average molecular weight is 288 g/mol. The second-order valence-corrected chi connectivity index (χ2v) is 4.02. The molecule has 3 heteroatoms. The number of ketones is 1. The molecule has 0 aliphatic rings. The predicted molar refractivity (Wildman–Crippen MR) is 59.3 cm³/mol. The highest BCUT2D eigenvalue weighted by Crippen LogP contribution is 2.17. The van der Waals surface area contributed by atoms with E-state index in [-0.39, 0.29) is 5.78 Å². The van der Waals surface area contributed by atoms with E-state index in [1.807, 2.05) is 6.92 Å². The summed E-state index contributed by atoms with van der Waals surface area (Å²) in [5.74, 6) is 0.0264. The number of carbonyl (C=O) groups excluding carboxylic acids is 2. The highest BCUT2D eigenvalue weighted by Gasteiger charge is 2.07. The second-order valence-electron chi connectivity index (χ2n) is 2.86. The van der Waals surface area contributed by atoms with Crippen LogP contribution < -0.4 is 0 Å². The number of halogens is 1. The number of Topliss-reactive ketones (excluding diaryl/α,β-unsaturated/α-hetero) is 1. The van der Waals surface area contributed by atoms with Crippen molar-refractivity contribution in [3.8, 4) is 0 Å². The summed E-state index contributed by atoms with van der Waals surface area (Å²) < 4.78 is 0.831. The van der Waals surface area contributed by atoms with Gasteiger partial charge in [-0.1, -0.05) is 0 Å². The highest BCUT2D eigenvalue weighted by molar-refractivity contribution is 14.1. The van der Waals surface area contributed by atoms with Crippen molar-refractivity contribution in [3.63, 3.8) is 0 Å². The van der Waals surface area contributed by atoms with Crippen molar-refractivity contribution in [1.82, 2.24) is 0 Å². The zero-order chi connectivity index (χ0) is 10.0. The van der Waals surface area contributed by atoms with Crippen LogP contribution in [-0.4, -0.2) is 12.1 Å². The zero-order valence-corrected chi connectivity index (χ0v) is 9.58. The summed E-state index contributed by atoms with van der Waals surface area (Å²) in [5.41, 5.74) is 2.19. The predicted octanol–water partition coefficient (Wildman–Crippen LogP) is 2.61. The van der Waals surface area contributed by atoms with Crippen LogP contribution in [0.5, 0.6) is 0 Å². The summed E-state index contributed by atoms with van der Waals surface area (Å²) in [6.45, 7) is 3.35. The number of aldehydes is 1. The molecule has 68 valence electrons. The van der Waals surface area contributed by atoms with Crippen molar-refractivity contribution in [1.29, 1.82) is 0 Å². The van der Waals surface area contributed by atoms with E-state index >= 15 is 0 Å². The summed E-state index contributed by atoms with van der Waals surface area (Å²) in [4.78, 5) is 21.7. The Morgan fingerprint density at radius 1 is 1.46 bits per heavy atom. The monoisotopic (exact) mass is 288 g/mol. The molecule has 0 heterocycles. The minimum absolute atomic E-state index is 0.0264. The van der Waals surface area contributed by atoms with Crippen LogP contribution in [0.3, 0.4) is 0 Å². The fourth-order valence-corrected chi connectivity index (χ4v) is 2.00. The molecule has 13 heavy (non-hydrogen) atoms. The van der Waals surface area contributed by atoms with Crippen LogP contribution in [0.2, 0.25) is 0 Å². The lowest BCUT2D eigenvalue weighted by atomic mass is 10.0. The zero-order valence-electron chi connectivity index (χ0n) is 7.43. The molecule has 0 saturated carbocycles. The molecule has 0 saturated heterocycles. The summed E-state index contributed by atoms with van der Waals surface area (Å²) in [5, 5.41) is 0. The Morgan fingerprint density at radius 3 is 2.46 bits per heavy atom. The van der Waals surface area contributed by atoms with Gasteiger partial charge in [0, 0.05) is 14.7 Å². The van der Waals surface area contributed by atoms with Gasteiger partial charge < -0.3 is 0 Å². The van der Waals surface area contributed by atoms with E-state index in [2.05, 4.69) is 22.6 Å². The van der Waals surface area contributed by atoms with Gasteiger partial charge in [-0.25, -0.2) is 0 Å². The fraction of sp³-hybridized carbons (Fsp3) is 0.200. The first-order chi connectivity index (χ1) is 6.06. The smallest absolute Gasteiger partial charge is 0.159 e. The molecule has 0 N–H and O–H groups in total. The van der Waals surface area contributed by atoms with Crippen molar-refractivity contribution < 1.29 is 9.59 Å². The minimum atomic E-state index is 0.0264. The average Bonchev–Trinajstić information content (AvgIpc) is 2.03. The molecule has 0 fully saturated rings. The van der Waals surface area contributed by atoms with Gasteiger partial charge in [0.2, 0.25) is 0 Å². The van der Waals surface area contributed by atoms with Gasteiger partial charge in [0.15, 0.2) is 12.1 Å². The first kappa shape index (κ1) is 10.4. The Kier molecular flexibility index (Phi) is 3.19. The van der Waals surface area contributed by atoms with Gasteiger partial charge in [0.05, 0.1) is 0 Å². The van der Waals surface area contributed by atoms with Crippen molar-refractivity contribution in [2.75, 3.05) is 0 Å². The van der Waals surface area contributed by atoms with Crippen molar-refractivity contribution in [2.24, 2.45) is 0 Å². The maximum absolute atomic E-state index is 11.1. The molecule has 0 unspecified atom stereocenters. The molecule has 0 amide bonds. The second kappa shape index (κ2) is 4.00. The third-order valence-electron chi connectivity index (χ3n) is 1.86. The van der Waals surface area contributed by atoms with E-state index in [0.717, 1.165) is 15.4 Å². The quantitative estimate of drug-likeness (QED) is 0.476. The van der Waals surface area contributed by atoms with E-state index in [4.69, 9.17) is 0 Å². The van der Waals surface area contributed by atoms with Crippen LogP contribution in [0.25, 0.3) is 0 Å². The van der Waals surface area contributed by atoms with Crippen molar-refractivity contribution >= 4 is 34.7 Å². The molecule has 1 rings (SSSR count). The number of benzene rings is 1. The standard InChI is InChI=1S/C10H9IO2/c1-6-3-8(7(2)13)4-10(11)9(6)5-12/h3-5H,1-2H3. The largest absolute Gasteiger partial charge is 0.298 e. The molecule has 1 aromatic carbocycles. The molecular weight excluding hydrogens is 279 g/mol. The first-order valence-corrected chi connectivity index (χ1v) is 4.90. The van der Waals surface area contributed by atoms with Crippen LogP contribution in [0.4, 0.5) is 0 Å². The van der Waals surface area contributed by atoms with Crippen LogP contribution in [0.1, 0.15) is 33.2 Å². The molecule has 0 aromatic heterocycles. The van der Waals surface area contributed by atoms with E-state index in [1.165, 1.54) is 6.92 Å².